The van der Waals surface area contributed by atoms with E-state index in [-0.39, 0.29) is 17.9 Å². The molecule has 1 aliphatic heterocycles. The van der Waals surface area contributed by atoms with Crippen LogP contribution in [0.15, 0.2) is 6.33 Å². The molecule has 1 atom stereocenters. The fourth-order valence-electron chi connectivity index (χ4n) is 3.56. The van der Waals surface area contributed by atoms with Crippen molar-refractivity contribution < 1.29 is 9.59 Å². The van der Waals surface area contributed by atoms with Crippen LogP contribution >= 0.6 is 0 Å². The van der Waals surface area contributed by atoms with Gasteiger partial charge in [0, 0.05) is 31.4 Å². The highest BCUT2D eigenvalue weighted by molar-refractivity contribution is 5.87. The molecule has 1 fully saturated rings. The molecule has 2 aromatic heterocycles. The molecule has 2 amide bonds. The zero-order valence-electron chi connectivity index (χ0n) is 14.9. The Morgan fingerprint density at radius 2 is 2.12 bits per heavy atom. The number of nitrogens with one attached hydrogen (secondary N) is 1. The summed E-state index contributed by atoms with van der Waals surface area (Å²) >= 11 is 0. The largest absolute Gasteiger partial charge is 0.357 e. The molecule has 0 unspecified atom stereocenters. The standard InChI is InChI=1S/C17H24N6O2/c1-11-13(12(2)23-17(21-11)19-10-20-23)7-8-15(24)22-9-5-4-6-14(22)16(25)18-3/h10,14H,4-9H2,1-3H3,(H,18,25)/t14-/m0/s1. The van der Waals surface area contributed by atoms with Gasteiger partial charge in [-0.05, 0) is 45.1 Å². The number of carbonyl (C=O) groups excluding carboxylic acids is 2. The number of rotatable bonds is 4. The minimum absolute atomic E-state index is 0.0192. The van der Waals surface area contributed by atoms with Gasteiger partial charge in [0.25, 0.3) is 5.78 Å². The summed E-state index contributed by atoms with van der Waals surface area (Å²) in [6, 6.07) is -0.343. The summed E-state index contributed by atoms with van der Waals surface area (Å²) in [6.45, 7) is 4.54. The lowest BCUT2D eigenvalue weighted by Gasteiger charge is -2.34. The molecule has 0 radical (unpaired) electrons. The molecule has 0 saturated carbocycles. The number of hydrogen-bond donors (Lipinski definition) is 1. The van der Waals surface area contributed by atoms with Crippen molar-refractivity contribution >= 4 is 17.6 Å². The monoisotopic (exact) mass is 344 g/mol. The molecule has 134 valence electrons. The molecule has 0 aliphatic carbocycles. The van der Waals surface area contributed by atoms with E-state index in [9.17, 15) is 9.59 Å². The average Bonchev–Trinajstić information content (AvgIpc) is 3.09. The molecule has 0 spiro atoms. The Labute approximate surface area is 146 Å². The molecule has 0 aromatic carbocycles. The highest BCUT2D eigenvalue weighted by Gasteiger charge is 2.31. The first-order valence-corrected chi connectivity index (χ1v) is 8.69. The van der Waals surface area contributed by atoms with Crippen molar-refractivity contribution in [3.8, 4) is 0 Å². The summed E-state index contributed by atoms with van der Waals surface area (Å²) in [5.41, 5.74) is 2.83. The van der Waals surface area contributed by atoms with Crippen molar-refractivity contribution in [1.29, 1.82) is 0 Å². The van der Waals surface area contributed by atoms with Crippen LogP contribution in [0.2, 0.25) is 0 Å². The number of carbonyl (C=O) groups is 2. The van der Waals surface area contributed by atoms with Gasteiger partial charge in [0.15, 0.2) is 0 Å². The number of fused-ring (bicyclic) bond motifs is 1. The Balaban J connectivity index is 1.74. The Bertz CT molecular complexity index is 800. The van der Waals surface area contributed by atoms with Crippen LogP contribution in [0.4, 0.5) is 0 Å². The van der Waals surface area contributed by atoms with Crippen LogP contribution in [-0.4, -0.2) is 55.9 Å². The molecular formula is C17H24N6O2. The third-order valence-corrected chi connectivity index (χ3v) is 4.95. The van der Waals surface area contributed by atoms with E-state index >= 15 is 0 Å². The van der Waals surface area contributed by atoms with E-state index < -0.39 is 0 Å². The van der Waals surface area contributed by atoms with E-state index in [0.29, 0.717) is 25.2 Å². The summed E-state index contributed by atoms with van der Waals surface area (Å²) in [4.78, 5) is 35.1. The number of likely N-dealkylation sites (tertiary alicyclic amines) is 1. The van der Waals surface area contributed by atoms with E-state index in [4.69, 9.17) is 0 Å². The van der Waals surface area contributed by atoms with Crippen LogP contribution in [0, 0.1) is 13.8 Å². The van der Waals surface area contributed by atoms with Crippen LogP contribution < -0.4 is 5.32 Å². The predicted octanol–water partition coefficient (Wildman–Crippen LogP) is 0.801. The van der Waals surface area contributed by atoms with Gasteiger partial charge in [-0.15, -0.1) is 0 Å². The second-order valence-electron chi connectivity index (χ2n) is 6.45. The fraction of sp³-hybridized carbons (Fsp3) is 0.588. The lowest BCUT2D eigenvalue weighted by atomic mass is 9.99. The number of amides is 2. The smallest absolute Gasteiger partial charge is 0.252 e. The van der Waals surface area contributed by atoms with Gasteiger partial charge in [-0.1, -0.05) is 0 Å². The summed E-state index contributed by atoms with van der Waals surface area (Å²) in [7, 11) is 1.62. The van der Waals surface area contributed by atoms with Crippen molar-refractivity contribution in [3.05, 3.63) is 23.3 Å². The molecule has 1 saturated heterocycles. The second kappa shape index (κ2) is 7.16. The van der Waals surface area contributed by atoms with Crippen LogP contribution in [0.25, 0.3) is 5.78 Å². The van der Waals surface area contributed by atoms with Gasteiger partial charge in [0.2, 0.25) is 11.8 Å². The van der Waals surface area contributed by atoms with Crippen molar-refractivity contribution in [3.63, 3.8) is 0 Å². The van der Waals surface area contributed by atoms with Gasteiger partial charge in [-0.25, -0.2) is 9.50 Å². The fourth-order valence-corrected chi connectivity index (χ4v) is 3.56. The summed E-state index contributed by atoms with van der Waals surface area (Å²) in [6.07, 6.45) is 5.07. The van der Waals surface area contributed by atoms with Gasteiger partial charge < -0.3 is 10.2 Å². The molecule has 25 heavy (non-hydrogen) atoms. The molecular weight excluding hydrogens is 320 g/mol. The highest BCUT2D eigenvalue weighted by atomic mass is 16.2. The maximum Gasteiger partial charge on any atom is 0.252 e. The predicted molar refractivity (Wildman–Crippen MR) is 92.0 cm³/mol. The van der Waals surface area contributed by atoms with Gasteiger partial charge in [0.1, 0.15) is 12.4 Å². The SMILES string of the molecule is CNC(=O)[C@@H]1CCCCN1C(=O)CCc1c(C)nc2ncnn2c1C. The number of hydrogen-bond acceptors (Lipinski definition) is 5. The van der Waals surface area contributed by atoms with Crippen LogP contribution in [0.3, 0.4) is 0 Å². The third kappa shape index (κ3) is 3.33. The van der Waals surface area contributed by atoms with Crippen molar-refractivity contribution in [2.24, 2.45) is 0 Å². The van der Waals surface area contributed by atoms with E-state index in [0.717, 1.165) is 36.2 Å². The number of aromatic nitrogens is 4. The average molecular weight is 344 g/mol. The topological polar surface area (TPSA) is 92.5 Å². The van der Waals surface area contributed by atoms with E-state index in [1.165, 1.54) is 6.33 Å². The lowest BCUT2D eigenvalue weighted by molar-refractivity contribution is -0.142. The molecule has 1 N–H and O–H groups in total. The molecule has 0 bridgehead atoms. The van der Waals surface area contributed by atoms with Gasteiger partial charge in [-0.2, -0.15) is 10.1 Å². The Hall–Kier alpha value is -2.51. The molecule has 1 aliphatic rings. The number of nitrogens with zero attached hydrogens (tertiary/aromatic N) is 5. The zero-order valence-corrected chi connectivity index (χ0v) is 14.9. The minimum Gasteiger partial charge on any atom is -0.357 e. The van der Waals surface area contributed by atoms with Gasteiger partial charge >= 0.3 is 0 Å². The van der Waals surface area contributed by atoms with Crippen molar-refractivity contribution in [1.82, 2.24) is 29.8 Å². The zero-order chi connectivity index (χ0) is 18.0. The third-order valence-electron chi connectivity index (χ3n) is 4.95. The molecule has 3 heterocycles. The molecule has 8 heteroatoms. The Morgan fingerprint density at radius 3 is 2.88 bits per heavy atom. The quantitative estimate of drug-likeness (QED) is 0.886. The van der Waals surface area contributed by atoms with Gasteiger partial charge in [-0.3, -0.25) is 9.59 Å². The summed E-state index contributed by atoms with van der Waals surface area (Å²) in [5.74, 6) is 0.512. The van der Waals surface area contributed by atoms with Gasteiger partial charge in [0.05, 0.1) is 0 Å². The Morgan fingerprint density at radius 1 is 1.32 bits per heavy atom. The maximum atomic E-state index is 12.7. The normalized spacial score (nSPS) is 17.7. The molecule has 8 nitrogen and oxygen atoms in total. The van der Waals surface area contributed by atoms with Crippen LogP contribution in [0.5, 0.6) is 0 Å². The van der Waals surface area contributed by atoms with E-state index in [1.54, 1.807) is 16.5 Å². The molecule has 2 aromatic rings. The Kier molecular flexibility index (Phi) is 4.96. The first-order chi connectivity index (χ1) is 12.0. The number of aryl methyl sites for hydroxylation is 2. The summed E-state index contributed by atoms with van der Waals surface area (Å²) < 4.78 is 1.70. The number of piperidine rings is 1. The van der Waals surface area contributed by atoms with E-state index in [2.05, 4.69) is 20.4 Å². The van der Waals surface area contributed by atoms with Crippen LogP contribution in [0.1, 0.15) is 42.6 Å². The summed E-state index contributed by atoms with van der Waals surface area (Å²) in [5, 5.41) is 6.85. The second-order valence-corrected chi connectivity index (χ2v) is 6.45. The first-order valence-electron chi connectivity index (χ1n) is 8.69. The van der Waals surface area contributed by atoms with Crippen molar-refractivity contribution in [2.75, 3.05) is 13.6 Å². The lowest BCUT2D eigenvalue weighted by Crippen LogP contribution is -2.51. The minimum atomic E-state index is -0.343. The van der Waals surface area contributed by atoms with Crippen molar-refractivity contribution in [2.45, 2.75) is 52.0 Å². The number of likely N-dealkylation sites (N-methyl/N-ethyl adjacent to an activating group) is 1. The van der Waals surface area contributed by atoms with Crippen LogP contribution in [-0.2, 0) is 16.0 Å². The first kappa shape index (κ1) is 17.3. The molecule has 3 rings (SSSR count). The maximum absolute atomic E-state index is 12.7. The highest BCUT2D eigenvalue weighted by Crippen LogP contribution is 2.20. The van der Waals surface area contributed by atoms with E-state index in [1.807, 2.05) is 13.8 Å².